The number of thiophene rings is 1. The molecule has 2 aliphatic rings. The normalized spacial score (nSPS) is 13.5. The lowest BCUT2D eigenvalue weighted by atomic mass is 10.0. The van der Waals surface area contributed by atoms with E-state index in [0.29, 0.717) is 17.5 Å². The third-order valence-corrected chi connectivity index (χ3v) is 27.4. The second-order valence-electron chi connectivity index (χ2n) is 34.2. The van der Waals surface area contributed by atoms with Crippen LogP contribution in [0, 0.1) is 0 Å². The third kappa shape index (κ3) is 13.7. The van der Waals surface area contributed by atoms with Gasteiger partial charge in [0, 0.05) is 132 Å². The first-order valence-corrected chi connectivity index (χ1v) is 46.2. The van der Waals surface area contributed by atoms with Crippen LogP contribution in [0.25, 0.3) is 242 Å². The Morgan fingerprint density at radius 3 is 1.26 bits per heavy atom. The molecule has 0 amide bonds. The summed E-state index contributed by atoms with van der Waals surface area (Å²) in [6.45, 7) is 0. The average Bonchev–Trinajstić information content (AvgIpc) is 1.56. The van der Waals surface area contributed by atoms with Gasteiger partial charge in [-0.3, -0.25) is 4.57 Å². The number of para-hydroxylation sites is 3. The minimum Gasteiger partial charge on any atom is -0.455 e. The Morgan fingerprint density at radius 1 is 0.267 bits per heavy atom. The first kappa shape index (κ1) is 78.2. The molecule has 1 aliphatic carbocycles. The van der Waals surface area contributed by atoms with Crippen LogP contribution >= 0.6 is 11.3 Å². The van der Waals surface area contributed by atoms with E-state index in [-0.39, 0.29) is 12.1 Å². The van der Waals surface area contributed by atoms with Gasteiger partial charge in [-0.05, 0) is 131 Å². The Morgan fingerprint density at radius 2 is 0.689 bits per heavy atom. The molecule has 0 saturated heterocycles. The maximum Gasteiger partial charge on any atom is 0.204 e. The SMILES string of the molecule is C1=CC2N=C(n3c4cc(-c5ncc(-c6ccccc6)cn5)ccc4c4c5sc6cc(-c7ccccc7)ccc6c5ccc43)NC2C=C1.c1ccc(-c2cc(-c3ccccc3)nc(-c3ccc4c5c6oc7ccccc7c6ccc5n(-c5ccccc5)c4c3)n2)cc1.c1ccc(-c2cccc(-n3c4cc(-c5nccc(-c6ccccc6)n5)ccc4c4c5oc6ccccc6c5ccc43)c2)cc1. The van der Waals surface area contributed by atoms with Crippen molar-refractivity contribution < 1.29 is 8.83 Å². The molecule has 2 atom stereocenters. The van der Waals surface area contributed by atoms with E-state index in [1.807, 2.05) is 139 Å². The van der Waals surface area contributed by atoms with Crippen LogP contribution in [0.15, 0.2) is 463 Å². The zero-order chi connectivity index (χ0) is 89.0. The molecule has 0 saturated carbocycles. The molecule has 26 aromatic rings. The topological polar surface area (TPSA) is 143 Å². The van der Waals surface area contributed by atoms with Crippen LogP contribution in [-0.4, -0.2) is 61.6 Å². The van der Waals surface area contributed by atoms with Gasteiger partial charge in [0.05, 0.1) is 73.0 Å². The van der Waals surface area contributed by atoms with Gasteiger partial charge in [-0.15, -0.1) is 11.3 Å². The van der Waals surface area contributed by atoms with Crippen LogP contribution in [0.4, 0.5) is 0 Å². The Hall–Kier alpha value is -17.9. The van der Waals surface area contributed by atoms with Gasteiger partial charge in [0.25, 0.3) is 0 Å². The summed E-state index contributed by atoms with van der Waals surface area (Å²) in [5, 5.41) is 17.7. The molecule has 10 heterocycles. The molecule has 28 rings (SSSR count). The van der Waals surface area contributed by atoms with Crippen molar-refractivity contribution in [2.75, 3.05) is 0 Å². The van der Waals surface area contributed by atoms with Gasteiger partial charge in [-0.2, -0.15) is 0 Å². The number of hydrogen-bond donors (Lipinski definition) is 1. The van der Waals surface area contributed by atoms with Crippen LogP contribution < -0.4 is 5.32 Å². The quantitative estimate of drug-likeness (QED) is 0.134. The molecule has 1 aliphatic heterocycles. The largest absolute Gasteiger partial charge is 0.455 e. The minimum absolute atomic E-state index is 0.0732. The zero-order valence-electron chi connectivity index (χ0n) is 72.6. The molecule has 634 valence electrons. The van der Waals surface area contributed by atoms with E-state index in [0.717, 1.165) is 183 Å². The van der Waals surface area contributed by atoms with E-state index in [4.69, 9.17) is 43.7 Å². The molecule has 0 radical (unpaired) electrons. The molecule has 135 heavy (non-hydrogen) atoms. The van der Waals surface area contributed by atoms with Crippen LogP contribution in [0.3, 0.4) is 0 Å². The van der Waals surface area contributed by atoms with Gasteiger partial charge < -0.3 is 23.3 Å². The summed E-state index contributed by atoms with van der Waals surface area (Å²) in [5.41, 5.74) is 28.0. The van der Waals surface area contributed by atoms with E-state index in [1.165, 1.54) is 47.6 Å². The maximum atomic E-state index is 6.56. The highest BCUT2D eigenvalue weighted by molar-refractivity contribution is 7.26. The molecule has 0 fully saturated rings. The van der Waals surface area contributed by atoms with E-state index >= 15 is 0 Å². The van der Waals surface area contributed by atoms with Crippen LogP contribution in [0.5, 0.6) is 0 Å². The van der Waals surface area contributed by atoms with E-state index < -0.39 is 0 Å². The van der Waals surface area contributed by atoms with Gasteiger partial charge in [0.2, 0.25) is 5.96 Å². The fraction of sp³-hybridized carbons (Fsp3) is 0.0165. The van der Waals surface area contributed by atoms with Crippen molar-refractivity contribution in [2.45, 2.75) is 12.1 Å². The number of fused-ring (bicyclic) bond motifs is 22. The summed E-state index contributed by atoms with van der Waals surface area (Å²) in [7, 11) is 0. The summed E-state index contributed by atoms with van der Waals surface area (Å²) in [5.74, 6) is 2.94. The molecule has 1 N–H and O–H groups in total. The molecule has 17 aromatic carbocycles. The number of nitrogens with one attached hydrogen (secondary N) is 1. The summed E-state index contributed by atoms with van der Waals surface area (Å²) in [6, 6.07) is 142. The highest BCUT2D eigenvalue weighted by Gasteiger charge is 2.31. The van der Waals surface area contributed by atoms with E-state index in [9.17, 15) is 0 Å². The van der Waals surface area contributed by atoms with E-state index in [2.05, 4.69) is 341 Å². The first-order valence-electron chi connectivity index (χ1n) is 45.4. The molecule has 0 spiro atoms. The number of rotatable bonds is 11. The number of allylic oxidation sites excluding steroid dienone is 2. The lowest BCUT2D eigenvalue weighted by Gasteiger charge is -2.14. The minimum atomic E-state index is 0.0732. The molecule has 9 aromatic heterocycles. The summed E-state index contributed by atoms with van der Waals surface area (Å²) in [4.78, 5) is 34.6. The Labute approximate surface area is 778 Å². The van der Waals surface area contributed by atoms with Crippen molar-refractivity contribution >= 4 is 147 Å². The van der Waals surface area contributed by atoms with Crippen molar-refractivity contribution in [3.05, 3.63) is 449 Å². The fourth-order valence-electron chi connectivity index (χ4n) is 19.9. The van der Waals surface area contributed by atoms with Crippen molar-refractivity contribution in [1.82, 2.24) is 48.9 Å². The Balaban J connectivity index is 0.000000105. The van der Waals surface area contributed by atoms with Gasteiger partial charge in [-0.1, -0.05) is 328 Å². The maximum absolute atomic E-state index is 6.56. The number of furan rings is 2. The highest BCUT2D eigenvalue weighted by atomic mass is 32.1. The highest BCUT2D eigenvalue weighted by Crippen LogP contribution is 2.48. The average molecular weight is 1750 g/mol. The standard InChI is InChI=1S/C41H27N5S.2C40H25N3O/c1-3-9-25(10-4-1)27-15-17-30-31-19-20-35-38(39(31)47-37(30)22-27)32-18-16-28(40-42-23-29(24-43-40)26-11-5-2-6-12-26)21-36(32)46(35)41-44-33-13-7-8-14-34(33)45-41;1-4-12-26(13-5-1)33-25-34(27-14-6-2-7-15-27)42-40(41-33)28-20-21-32-36(24-28)43(29-16-8-3-9-17-29)35-23-22-31-30-18-10-11-19-37(30)44-39(31)38(32)35;1-3-10-26(11-4-1)28-14-9-15-30(24-28)43-35-21-20-32-31-16-7-8-17-37(31)44-39(32)38(35)33-19-18-29(25-36(33)43)40-41-23-22-34(42-40)27-12-5-2-6-13-27/h1-24,33-34H,(H,44,45);2*1-25H. The smallest absolute Gasteiger partial charge is 0.204 e. The van der Waals surface area contributed by atoms with Crippen LogP contribution in [0.1, 0.15) is 0 Å². The van der Waals surface area contributed by atoms with Crippen molar-refractivity contribution in [1.29, 1.82) is 0 Å². The second-order valence-corrected chi connectivity index (χ2v) is 35.3. The van der Waals surface area contributed by atoms with Crippen molar-refractivity contribution in [3.8, 4) is 113 Å². The van der Waals surface area contributed by atoms with Crippen molar-refractivity contribution in [2.24, 2.45) is 4.99 Å². The number of aromatic nitrogens is 9. The number of aliphatic imine (C=N–C) groups is 1. The molecule has 0 bridgehead atoms. The molecular formula is C121H77N11O2S. The molecule has 14 heteroatoms. The summed E-state index contributed by atoms with van der Waals surface area (Å²) < 4.78 is 22.6. The van der Waals surface area contributed by atoms with Crippen LogP contribution in [-0.2, 0) is 0 Å². The molecule has 13 nitrogen and oxygen atoms in total. The third-order valence-electron chi connectivity index (χ3n) is 26.3. The Kier molecular flexibility index (Phi) is 18.9. The number of nitrogens with zero attached hydrogens (tertiary/aromatic N) is 10. The summed E-state index contributed by atoms with van der Waals surface area (Å²) >= 11 is 1.87. The zero-order valence-corrected chi connectivity index (χ0v) is 73.4. The van der Waals surface area contributed by atoms with Crippen LogP contribution in [0.2, 0.25) is 0 Å². The number of hydrogen-bond acceptors (Lipinski definition) is 11. The predicted octanol–water partition coefficient (Wildman–Crippen LogP) is 30.6. The van der Waals surface area contributed by atoms with Gasteiger partial charge in [-0.25, -0.2) is 34.9 Å². The lowest BCUT2D eigenvalue weighted by molar-refractivity contribution is 0.672. The predicted molar refractivity (Wildman–Crippen MR) is 556 cm³/mol. The van der Waals surface area contributed by atoms with E-state index in [1.54, 1.807) is 0 Å². The monoisotopic (exact) mass is 1750 g/mol. The fourth-order valence-corrected chi connectivity index (χ4v) is 21.2. The Bertz CT molecular complexity index is 9210. The molecular weight excluding hydrogens is 1670 g/mol. The summed E-state index contributed by atoms with van der Waals surface area (Å²) in [6.07, 6.45) is 14.2. The lowest BCUT2D eigenvalue weighted by Crippen LogP contribution is -2.35. The second kappa shape index (κ2) is 32.7. The van der Waals surface area contributed by atoms with Gasteiger partial charge in [0.15, 0.2) is 17.5 Å². The first-order chi connectivity index (χ1) is 66.9. The van der Waals surface area contributed by atoms with Gasteiger partial charge >= 0.3 is 0 Å². The van der Waals surface area contributed by atoms with Crippen molar-refractivity contribution in [3.63, 3.8) is 0 Å². The van der Waals surface area contributed by atoms with Gasteiger partial charge in [0.1, 0.15) is 22.3 Å². The molecule has 2 unspecified atom stereocenters. The number of benzene rings is 17.